The first-order valence-electron chi connectivity index (χ1n) is 32.8. The Balaban J connectivity index is 0.000000386. The van der Waals surface area contributed by atoms with Gasteiger partial charge in [0, 0.05) is 53.9 Å². The fourth-order valence-corrected chi connectivity index (χ4v) is 21.7. The number of carbonyl (C=O) groups is 6. The molecule has 0 bridgehead atoms. The summed E-state index contributed by atoms with van der Waals surface area (Å²) in [6.45, 7) is 25.4. The second-order valence-corrected chi connectivity index (χ2v) is 43.6. The number of ether oxygens (including phenoxy) is 12. The zero-order valence-electron chi connectivity index (χ0n) is 60.5. The number of nitrogens with one attached hydrogen (secondary N) is 2. The summed E-state index contributed by atoms with van der Waals surface area (Å²) in [5, 5.41) is 27.1. The van der Waals surface area contributed by atoms with E-state index in [2.05, 4.69) is 59.9 Å². The molecule has 2 amide bonds. The Morgan fingerprint density at radius 1 is 0.535 bits per heavy atom. The molecule has 0 spiro atoms. The molecule has 0 radical (unpaired) electrons. The number of esters is 4. The van der Waals surface area contributed by atoms with Gasteiger partial charge in [-0.1, -0.05) is 81.4 Å². The van der Waals surface area contributed by atoms with Crippen LogP contribution in [0, 0.1) is 0 Å². The second kappa shape index (κ2) is 39.3. The van der Waals surface area contributed by atoms with Gasteiger partial charge in [-0.25, -0.2) is 9.59 Å². The van der Waals surface area contributed by atoms with Gasteiger partial charge in [-0.15, -0.1) is 0 Å². The van der Waals surface area contributed by atoms with E-state index in [0.29, 0.717) is 0 Å². The van der Waals surface area contributed by atoms with Gasteiger partial charge in [-0.05, 0) is 80.7 Å². The van der Waals surface area contributed by atoms with Crippen molar-refractivity contribution < 1.29 is 113 Å². The van der Waals surface area contributed by atoms with E-state index in [-0.39, 0.29) is 76.1 Å². The zero-order chi connectivity index (χ0) is 75.0. The summed E-state index contributed by atoms with van der Waals surface area (Å²) < 4.78 is 97.9. The predicted octanol–water partition coefficient (Wildman–Crippen LogP) is 5.63. The van der Waals surface area contributed by atoms with E-state index >= 15 is 0 Å². The number of benzene rings is 2. The molecule has 6 rings (SSSR count). The second-order valence-electron chi connectivity index (χ2n) is 26.7. The van der Waals surface area contributed by atoms with Crippen molar-refractivity contribution in [2.45, 2.75) is 187 Å². The molecule has 4 heterocycles. The van der Waals surface area contributed by atoms with E-state index in [1.807, 2.05) is 94.5 Å². The van der Waals surface area contributed by atoms with Gasteiger partial charge >= 0.3 is 44.1 Å². The summed E-state index contributed by atoms with van der Waals surface area (Å²) in [5.74, 6) is -2.84. The van der Waals surface area contributed by atoms with Crippen molar-refractivity contribution >= 4 is 81.1 Å². The van der Waals surface area contributed by atoms with Crippen LogP contribution in [0.15, 0.2) is 94.8 Å². The molecule has 4 aromatic rings. The van der Waals surface area contributed by atoms with Crippen LogP contribution in [-0.4, -0.2) is 214 Å². The molecule has 0 saturated carbocycles. The lowest BCUT2D eigenvalue weighted by Gasteiger charge is -2.44. The Kier molecular flexibility index (Phi) is 33.0. The van der Waals surface area contributed by atoms with Gasteiger partial charge in [0.25, 0.3) is 13.0 Å². The molecule has 0 aliphatic carbocycles. The predicted molar refractivity (Wildman–Crippen MR) is 372 cm³/mol. The molecule has 2 fully saturated rings. The number of amides is 2. The van der Waals surface area contributed by atoms with Gasteiger partial charge in [-0.3, -0.25) is 37.9 Å². The summed E-state index contributed by atoms with van der Waals surface area (Å²) in [5.41, 5.74) is -0.213. The van der Waals surface area contributed by atoms with E-state index in [4.69, 9.17) is 73.9 Å². The van der Waals surface area contributed by atoms with Crippen LogP contribution in [0.25, 0.3) is 0 Å². The topological polar surface area (TPSA) is 384 Å². The van der Waals surface area contributed by atoms with Crippen molar-refractivity contribution in [2.24, 2.45) is 0 Å². The lowest BCUT2D eigenvalue weighted by atomic mass is 10.0. The summed E-state index contributed by atoms with van der Waals surface area (Å²) >= 11 is 0. The number of hydrogen-bond donors (Lipinski definition) is 4. The molecular formula is C65H100N6O26Si4. The summed E-state index contributed by atoms with van der Waals surface area (Å²) in [4.78, 5) is 103. The summed E-state index contributed by atoms with van der Waals surface area (Å²) in [6, 6.07) is 22.5. The van der Waals surface area contributed by atoms with E-state index in [9.17, 15) is 48.6 Å². The molecule has 36 heteroatoms. The van der Waals surface area contributed by atoms with E-state index in [1.165, 1.54) is 66.1 Å². The fraction of sp³-hybridized carbons (Fsp3) is 0.600. The third-order valence-corrected chi connectivity index (χ3v) is 28.5. The van der Waals surface area contributed by atoms with Crippen molar-refractivity contribution in [1.82, 2.24) is 19.1 Å². The smallest absolute Gasteiger partial charge is 0.463 e. The number of carbonyl (C=O) groups excluding carboxylic acids is 6. The van der Waals surface area contributed by atoms with E-state index in [0.717, 1.165) is 20.3 Å². The molecule has 101 heavy (non-hydrogen) atoms. The van der Waals surface area contributed by atoms with Gasteiger partial charge in [-0.2, -0.15) is 9.97 Å². The molecule has 2 aromatic heterocycles. The summed E-state index contributed by atoms with van der Waals surface area (Å²) in [6.07, 6.45) is -6.63. The van der Waals surface area contributed by atoms with Gasteiger partial charge in [0.2, 0.25) is 11.8 Å². The number of aliphatic hydroxyl groups excluding tert-OH is 2. The molecule has 2 aliphatic heterocycles. The van der Waals surface area contributed by atoms with Gasteiger partial charge in [0.05, 0.1) is 45.2 Å². The van der Waals surface area contributed by atoms with Crippen LogP contribution in [0.1, 0.15) is 91.4 Å². The molecule has 2 unspecified atom stereocenters. The van der Waals surface area contributed by atoms with Gasteiger partial charge in [0.15, 0.2) is 37.4 Å². The number of aliphatic hydroxyl groups is 2. The number of aromatic nitrogens is 4. The minimum absolute atomic E-state index is 0.00535. The number of hydrogen-bond acceptors (Lipinski definition) is 28. The van der Waals surface area contributed by atoms with Gasteiger partial charge < -0.3 is 94.8 Å². The highest BCUT2D eigenvalue weighted by Crippen LogP contribution is 2.44. The van der Waals surface area contributed by atoms with Crippen molar-refractivity contribution in [2.75, 3.05) is 76.7 Å². The number of nitrogens with zero attached hydrogens (tertiary/aromatic N) is 4. The molecular weight excluding hydrogens is 1390 g/mol. The standard InChI is InChI=1S/C39H57N3O14Si3.C26H43N3O12Si/c1-27(43)40-33-20-21-42(38(47)41-33)37-35(54-39(50-24-22-48-28(2)44)51-25-23-49-29(3)45)34(46)32(53-37)26-52-59(55-57(4,5)6,56-58(7,8)9)36(30-16-12-10-13-17-30)31-18-14-11-15-19-31;1-16(31)27-20-9-10-29(24(34)28-20)23-22(21(19(15-30)39-23)41-42(7,8)26(4,5)6)40-25(37-13-11-35-17(2)32)38-14-12-36-18(3)33/h10-21,32,34-37,39,46H,22-26H2,1-9H3,(H,40,41,43,47);9-10,19,21-23,25,30H,11-15H2,1-8H3,(H,27,28,31,34)/t32-,34+,35?,37-;19-,21+,22?,23-/m11/s1. The van der Waals surface area contributed by atoms with Crippen LogP contribution in [-0.2, 0) is 103 Å². The first kappa shape index (κ1) is 85.0. The fourth-order valence-electron chi connectivity index (χ4n) is 9.88. The normalized spacial score (nSPS) is 19.5. The van der Waals surface area contributed by atoms with Crippen molar-refractivity contribution in [3.63, 3.8) is 0 Å². The van der Waals surface area contributed by atoms with Crippen molar-refractivity contribution in [3.8, 4) is 0 Å². The maximum absolute atomic E-state index is 13.5. The van der Waals surface area contributed by atoms with Crippen molar-refractivity contribution in [3.05, 3.63) is 117 Å². The van der Waals surface area contributed by atoms with Crippen LogP contribution < -0.4 is 22.0 Å². The lowest BCUT2D eigenvalue weighted by Crippen LogP contribution is -2.62. The number of anilines is 2. The van der Waals surface area contributed by atoms with Gasteiger partial charge in [0.1, 0.15) is 74.7 Å². The Morgan fingerprint density at radius 3 is 1.24 bits per heavy atom. The quantitative estimate of drug-likeness (QED) is 0.0140. The third kappa shape index (κ3) is 27.8. The average molecular weight is 1490 g/mol. The molecule has 8 atom stereocenters. The highest BCUT2D eigenvalue weighted by atomic mass is 28.5. The molecule has 2 aromatic carbocycles. The Bertz CT molecular complexity index is 3330. The molecule has 2 aliphatic rings. The molecule has 32 nitrogen and oxygen atoms in total. The van der Waals surface area contributed by atoms with E-state index in [1.54, 1.807) is 0 Å². The van der Waals surface area contributed by atoms with Crippen LogP contribution in [0.3, 0.4) is 0 Å². The highest BCUT2D eigenvalue weighted by molar-refractivity contribution is 6.86. The first-order valence-corrected chi connectivity index (χ1v) is 44.3. The van der Waals surface area contributed by atoms with Crippen LogP contribution in [0.2, 0.25) is 57.4 Å². The Labute approximate surface area is 591 Å². The molecule has 2 saturated heterocycles. The summed E-state index contributed by atoms with van der Waals surface area (Å²) in [7, 11) is -11.3. The minimum atomic E-state index is -3.89. The van der Waals surface area contributed by atoms with Crippen LogP contribution in [0.4, 0.5) is 11.6 Å². The Hall–Kier alpha value is -6.67. The maximum Gasteiger partial charge on any atom is 0.492 e. The SMILES string of the molecule is CC(=O)Nc1ccn([C@@H]2O[C@H](CO)[C@H](O[Si](C)(C)C(C)(C)C)C2OC(OCCOC(C)=O)OCCOC(C)=O)c(=O)n1.CC(=O)Nc1ccn([C@@H]2O[C@H](CO[Si](O[Si](C)(C)C)(O[Si](C)(C)C)C(c3ccccc3)c3ccccc3)[C@H](O)C2OC(OCCOC(C)=O)OCCOC(C)=O)c(=O)n1. The Morgan fingerprint density at radius 2 is 0.901 bits per heavy atom. The highest BCUT2D eigenvalue weighted by Gasteiger charge is 2.58. The molecule has 4 N–H and O–H groups in total. The monoisotopic (exact) mass is 1490 g/mol. The maximum atomic E-state index is 13.5. The van der Waals surface area contributed by atoms with Crippen molar-refractivity contribution in [1.29, 1.82) is 0 Å². The average Bonchev–Trinajstić information content (AvgIpc) is 1.75. The minimum Gasteiger partial charge on any atom is -0.463 e. The zero-order valence-corrected chi connectivity index (χ0v) is 64.5. The van der Waals surface area contributed by atoms with Crippen LogP contribution >= 0.6 is 0 Å². The first-order chi connectivity index (χ1) is 47.3. The number of rotatable bonds is 37. The van der Waals surface area contributed by atoms with E-state index < -0.39 is 155 Å². The van der Waals surface area contributed by atoms with Crippen LogP contribution in [0.5, 0.6) is 0 Å². The molecule has 562 valence electrons. The lowest BCUT2D eigenvalue weighted by molar-refractivity contribution is -0.321. The largest absolute Gasteiger partial charge is 0.492 e. The third-order valence-electron chi connectivity index (χ3n) is 14.9.